The van der Waals surface area contributed by atoms with Gasteiger partial charge in [-0.15, -0.1) is 0 Å². The number of furan rings is 1. The van der Waals surface area contributed by atoms with Crippen LogP contribution < -0.4 is 4.90 Å². The molecule has 0 aliphatic carbocycles. The van der Waals surface area contributed by atoms with Crippen molar-refractivity contribution in [2.75, 3.05) is 31.1 Å². The number of aromatic nitrogens is 1. The van der Waals surface area contributed by atoms with E-state index in [0.717, 1.165) is 33.5 Å². The number of fused-ring (bicyclic) bond motifs is 1. The lowest BCUT2D eigenvalue weighted by Crippen LogP contribution is -2.49. The summed E-state index contributed by atoms with van der Waals surface area (Å²) in [4.78, 5) is 46.0. The Morgan fingerprint density at radius 2 is 1.61 bits per heavy atom. The lowest BCUT2D eigenvalue weighted by molar-refractivity contribution is -0.130. The first-order valence-corrected chi connectivity index (χ1v) is 14.4. The summed E-state index contributed by atoms with van der Waals surface area (Å²) >= 11 is 0. The lowest BCUT2D eigenvalue weighted by atomic mass is 10.0. The second kappa shape index (κ2) is 12.1. The van der Waals surface area contributed by atoms with Crippen molar-refractivity contribution < 1.29 is 28.3 Å². The number of hydrogen-bond donors (Lipinski definition) is 1. The standard InChI is InChI=1S/C35H30FN3O5/c1-22-29-19-25(24-7-10-27(36)11-8-24)9-12-31(29)44-34(22)30(40)18-23-6-13-32(37-21-23)38-14-16-39(17-15-38)33(41)20-26-4-2-3-5-28(26)35(42)43/h2-13,19,21H,14-18,20H2,1H3,(H,42,43). The van der Waals surface area contributed by atoms with Gasteiger partial charge in [-0.3, -0.25) is 9.59 Å². The van der Waals surface area contributed by atoms with Gasteiger partial charge in [0.2, 0.25) is 11.7 Å². The SMILES string of the molecule is Cc1c(C(=O)Cc2ccc(N3CCN(C(=O)Cc4ccccc4C(=O)O)CC3)nc2)oc2ccc(-c3ccc(F)cc3)cc12. The minimum Gasteiger partial charge on any atom is -0.478 e. The summed E-state index contributed by atoms with van der Waals surface area (Å²) in [6.07, 6.45) is 1.88. The number of nitrogens with zero attached hydrogens (tertiary/aromatic N) is 3. The van der Waals surface area contributed by atoms with Crippen LogP contribution in [-0.4, -0.2) is 58.8 Å². The molecule has 222 valence electrons. The van der Waals surface area contributed by atoms with Crippen LogP contribution in [0.3, 0.4) is 0 Å². The molecule has 2 aromatic heterocycles. The molecule has 3 aromatic carbocycles. The molecule has 0 spiro atoms. The van der Waals surface area contributed by atoms with E-state index in [1.54, 1.807) is 41.4 Å². The van der Waals surface area contributed by atoms with Crippen LogP contribution in [0.1, 0.15) is 37.6 Å². The maximum Gasteiger partial charge on any atom is 0.335 e. The van der Waals surface area contributed by atoms with Crippen molar-refractivity contribution in [3.8, 4) is 11.1 Å². The van der Waals surface area contributed by atoms with Crippen molar-refractivity contribution in [2.45, 2.75) is 19.8 Å². The average molecular weight is 592 g/mol. The van der Waals surface area contributed by atoms with E-state index in [1.807, 2.05) is 37.3 Å². The summed E-state index contributed by atoms with van der Waals surface area (Å²) in [5.41, 5.74) is 4.58. The fourth-order valence-corrected chi connectivity index (χ4v) is 5.63. The Labute approximate surface area is 253 Å². The molecule has 0 atom stereocenters. The zero-order chi connectivity index (χ0) is 30.8. The van der Waals surface area contributed by atoms with Gasteiger partial charge < -0.3 is 19.3 Å². The highest BCUT2D eigenvalue weighted by molar-refractivity contribution is 6.02. The van der Waals surface area contributed by atoms with Crippen LogP contribution in [0, 0.1) is 12.7 Å². The van der Waals surface area contributed by atoms with Gasteiger partial charge in [0.1, 0.15) is 17.2 Å². The van der Waals surface area contributed by atoms with Crippen LogP contribution in [0.25, 0.3) is 22.1 Å². The molecule has 1 N–H and O–H groups in total. The van der Waals surface area contributed by atoms with Crippen molar-refractivity contribution >= 4 is 34.4 Å². The van der Waals surface area contributed by atoms with Crippen molar-refractivity contribution in [1.82, 2.24) is 9.88 Å². The number of Topliss-reactive ketones (excluding diaryl/α,β-unsaturated/α-hetero) is 1. The molecule has 0 saturated carbocycles. The molecule has 5 aromatic rings. The molecule has 1 aliphatic rings. The first-order valence-electron chi connectivity index (χ1n) is 14.4. The molecule has 1 fully saturated rings. The van der Waals surface area contributed by atoms with E-state index in [0.29, 0.717) is 43.1 Å². The predicted molar refractivity (Wildman–Crippen MR) is 165 cm³/mol. The van der Waals surface area contributed by atoms with Gasteiger partial charge in [0.25, 0.3) is 0 Å². The Morgan fingerprint density at radius 3 is 2.32 bits per heavy atom. The zero-order valence-corrected chi connectivity index (χ0v) is 24.1. The number of halogens is 1. The predicted octanol–water partition coefficient (Wildman–Crippen LogP) is 5.96. The van der Waals surface area contributed by atoms with Crippen molar-refractivity contribution in [2.24, 2.45) is 0 Å². The summed E-state index contributed by atoms with van der Waals surface area (Å²) in [6, 6.07) is 22.3. The Hall–Kier alpha value is -5.31. The van der Waals surface area contributed by atoms with Crippen LogP contribution in [0.2, 0.25) is 0 Å². The van der Waals surface area contributed by atoms with Gasteiger partial charge in [-0.2, -0.15) is 0 Å². The second-order valence-corrected chi connectivity index (χ2v) is 10.9. The van der Waals surface area contributed by atoms with Crippen LogP contribution in [0.15, 0.2) is 89.5 Å². The monoisotopic (exact) mass is 591 g/mol. The Balaban J connectivity index is 1.07. The highest BCUT2D eigenvalue weighted by Crippen LogP contribution is 2.31. The number of carbonyl (C=O) groups is 3. The molecule has 1 amide bonds. The average Bonchev–Trinajstić information content (AvgIpc) is 3.37. The molecule has 1 aliphatic heterocycles. The van der Waals surface area contributed by atoms with E-state index >= 15 is 0 Å². The number of aromatic carboxylic acids is 1. The summed E-state index contributed by atoms with van der Waals surface area (Å²) in [7, 11) is 0. The van der Waals surface area contributed by atoms with E-state index in [-0.39, 0.29) is 35.9 Å². The van der Waals surface area contributed by atoms with E-state index < -0.39 is 5.97 Å². The number of carboxylic acid groups (broad SMARTS) is 1. The third-order valence-electron chi connectivity index (χ3n) is 8.09. The van der Waals surface area contributed by atoms with Gasteiger partial charge in [-0.25, -0.2) is 14.2 Å². The van der Waals surface area contributed by atoms with Gasteiger partial charge in [0.15, 0.2) is 5.76 Å². The highest BCUT2D eigenvalue weighted by Gasteiger charge is 2.24. The molecule has 0 radical (unpaired) electrons. The number of pyridine rings is 1. The van der Waals surface area contributed by atoms with E-state index in [1.165, 1.54) is 18.2 Å². The summed E-state index contributed by atoms with van der Waals surface area (Å²) in [5, 5.41) is 10.2. The first kappa shape index (κ1) is 28.8. The minimum absolute atomic E-state index is 0.0452. The van der Waals surface area contributed by atoms with Crippen molar-refractivity contribution in [3.05, 3.63) is 119 Å². The second-order valence-electron chi connectivity index (χ2n) is 10.9. The van der Waals surface area contributed by atoms with Crippen molar-refractivity contribution in [3.63, 3.8) is 0 Å². The van der Waals surface area contributed by atoms with Crippen molar-refractivity contribution in [1.29, 1.82) is 0 Å². The smallest absolute Gasteiger partial charge is 0.335 e. The molecule has 9 heteroatoms. The normalized spacial score (nSPS) is 13.3. The number of ketones is 1. The molecular formula is C35H30FN3O5. The van der Waals surface area contributed by atoms with E-state index in [2.05, 4.69) is 9.88 Å². The van der Waals surface area contributed by atoms with Gasteiger partial charge >= 0.3 is 5.97 Å². The first-order chi connectivity index (χ1) is 21.3. The molecule has 3 heterocycles. The number of benzene rings is 3. The minimum atomic E-state index is -1.04. The number of carbonyl (C=O) groups excluding carboxylic acids is 2. The van der Waals surface area contributed by atoms with E-state index in [4.69, 9.17) is 4.42 Å². The number of amides is 1. The lowest BCUT2D eigenvalue weighted by Gasteiger charge is -2.35. The molecule has 0 unspecified atom stereocenters. The summed E-state index contributed by atoms with van der Waals surface area (Å²) in [5.74, 6) is -0.512. The third kappa shape index (κ3) is 5.94. The third-order valence-corrected chi connectivity index (χ3v) is 8.09. The molecule has 1 saturated heterocycles. The molecule has 44 heavy (non-hydrogen) atoms. The van der Waals surface area contributed by atoms with Crippen LogP contribution in [-0.2, 0) is 17.6 Å². The van der Waals surface area contributed by atoms with Crippen LogP contribution in [0.4, 0.5) is 10.2 Å². The molecule has 6 rings (SSSR count). The number of rotatable bonds is 8. The molecule has 8 nitrogen and oxygen atoms in total. The van der Waals surface area contributed by atoms with Crippen LogP contribution in [0.5, 0.6) is 0 Å². The molecular weight excluding hydrogens is 561 g/mol. The summed E-state index contributed by atoms with van der Waals surface area (Å²) < 4.78 is 19.3. The quantitative estimate of drug-likeness (QED) is 0.222. The maximum atomic E-state index is 13.4. The van der Waals surface area contributed by atoms with Gasteiger partial charge in [0.05, 0.1) is 12.0 Å². The molecule has 0 bridgehead atoms. The zero-order valence-electron chi connectivity index (χ0n) is 24.1. The summed E-state index contributed by atoms with van der Waals surface area (Å²) in [6.45, 7) is 4.06. The fourth-order valence-electron chi connectivity index (χ4n) is 5.63. The van der Waals surface area contributed by atoms with Crippen LogP contribution >= 0.6 is 0 Å². The number of hydrogen-bond acceptors (Lipinski definition) is 6. The van der Waals surface area contributed by atoms with Gasteiger partial charge in [-0.1, -0.05) is 42.5 Å². The number of anilines is 1. The Morgan fingerprint density at radius 1 is 0.886 bits per heavy atom. The number of carboxylic acids is 1. The number of aryl methyl sites for hydroxylation is 1. The van der Waals surface area contributed by atoms with Gasteiger partial charge in [-0.05, 0) is 65.6 Å². The topological polar surface area (TPSA) is 104 Å². The fraction of sp³-hybridized carbons (Fsp3) is 0.200. The number of piperazine rings is 1. The highest BCUT2D eigenvalue weighted by atomic mass is 19.1. The largest absolute Gasteiger partial charge is 0.478 e. The Bertz CT molecular complexity index is 1860. The Kier molecular flexibility index (Phi) is 7.93. The van der Waals surface area contributed by atoms with E-state index in [9.17, 15) is 23.9 Å². The maximum absolute atomic E-state index is 13.4. The van der Waals surface area contributed by atoms with Gasteiger partial charge in [0, 0.05) is 49.7 Å².